The molecule has 1 saturated carbocycles. The predicted molar refractivity (Wildman–Crippen MR) is 124 cm³/mol. The average Bonchev–Trinajstić information content (AvgIpc) is 3.54. The van der Waals surface area contributed by atoms with Crippen molar-refractivity contribution in [3.8, 4) is 0 Å². The fourth-order valence-corrected chi connectivity index (χ4v) is 4.13. The van der Waals surface area contributed by atoms with Crippen LogP contribution in [0.25, 0.3) is 11.0 Å². The molecule has 9 heteroatoms. The molecule has 0 unspecified atom stereocenters. The second kappa shape index (κ2) is 8.43. The molecule has 0 atom stereocenters. The number of imidazole rings is 1. The average molecular weight is 439 g/mol. The number of aliphatic imine (C=N–C) groups is 1. The van der Waals surface area contributed by atoms with Crippen LogP contribution in [0.4, 0.5) is 5.82 Å². The van der Waals surface area contributed by atoms with Crippen LogP contribution in [-0.4, -0.2) is 56.9 Å². The highest BCUT2D eigenvalue weighted by atomic mass is 35.5. The Kier molecular flexibility index (Phi) is 5.50. The Morgan fingerprint density at radius 3 is 2.84 bits per heavy atom. The zero-order valence-corrected chi connectivity index (χ0v) is 18.4. The maximum atomic E-state index is 6.37. The lowest BCUT2D eigenvalue weighted by molar-refractivity contribution is 0.263. The topological polar surface area (TPSA) is 108 Å². The summed E-state index contributed by atoms with van der Waals surface area (Å²) in [6, 6.07) is 5.93. The quantitative estimate of drug-likeness (QED) is 0.402. The van der Waals surface area contributed by atoms with E-state index in [4.69, 9.17) is 22.3 Å². The summed E-state index contributed by atoms with van der Waals surface area (Å²) in [4.78, 5) is 24.2. The van der Waals surface area contributed by atoms with Crippen molar-refractivity contribution in [3.05, 3.63) is 46.6 Å². The molecular formula is C22H27ClN8. The van der Waals surface area contributed by atoms with Gasteiger partial charge in [0, 0.05) is 23.2 Å². The van der Waals surface area contributed by atoms with Crippen LogP contribution >= 0.6 is 11.6 Å². The summed E-state index contributed by atoms with van der Waals surface area (Å²) < 4.78 is 0. The highest BCUT2D eigenvalue weighted by Gasteiger charge is 2.27. The Morgan fingerprint density at radius 1 is 1.26 bits per heavy atom. The molecule has 1 aromatic carbocycles. The third kappa shape index (κ3) is 4.65. The Balaban J connectivity index is 1.37. The summed E-state index contributed by atoms with van der Waals surface area (Å²) in [7, 11) is 2.16. The Hall–Kier alpha value is -2.71. The van der Waals surface area contributed by atoms with Gasteiger partial charge in [-0.3, -0.25) is 4.99 Å². The molecule has 8 nitrogen and oxygen atoms in total. The first-order valence-corrected chi connectivity index (χ1v) is 11.2. The summed E-state index contributed by atoms with van der Waals surface area (Å²) in [5, 5.41) is 4.27. The molecule has 1 aliphatic heterocycles. The zero-order chi connectivity index (χ0) is 21.4. The van der Waals surface area contributed by atoms with Crippen LogP contribution in [-0.2, 0) is 6.54 Å². The lowest BCUT2D eigenvalue weighted by Gasteiger charge is -2.30. The van der Waals surface area contributed by atoms with E-state index in [0.717, 1.165) is 54.3 Å². The molecular weight excluding hydrogens is 412 g/mol. The number of H-pyrrole nitrogens is 1. The van der Waals surface area contributed by atoms with E-state index < -0.39 is 0 Å². The van der Waals surface area contributed by atoms with Crippen LogP contribution in [0.15, 0.2) is 29.4 Å². The van der Waals surface area contributed by atoms with Gasteiger partial charge in [-0.1, -0.05) is 11.6 Å². The minimum atomic E-state index is 0.331. The van der Waals surface area contributed by atoms with E-state index in [1.54, 1.807) is 0 Å². The number of nitrogens with two attached hydrogens (primary N) is 1. The monoisotopic (exact) mass is 438 g/mol. The number of anilines is 1. The summed E-state index contributed by atoms with van der Waals surface area (Å²) in [6.07, 6.45) is 6.36. The van der Waals surface area contributed by atoms with Gasteiger partial charge in [0.05, 0.1) is 23.3 Å². The molecule has 0 amide bonds. The minimum Gasteiger partial charge on any atom is -0.382 e. The number of halogens is 1. The van der Waals surface area contributed by atoms with Crippen molar-refractivity contribution in [2.75, 3.05) is 25.5 Å². The number of likely N-dealkylation sites (tertiary alicyclic amines) is 1. The number of hydrogen-bond donors (Lipinski definition) is 3. The summed E-state index contributed by atoms with van der Waals surface area (Å²) in [6.45, 7) is 2.47. The van der Waals surface area contributed by atoms with Crippen LogP contribution in [0.3, 0.4) is 0 Å². The number of nitrogens with zero attached hydrogens (tertiary/aromatic N) is 5. The first-order valence-electron chi connectivity index (χ1n) is 10.8. The first-order chi connectivity index (χ1) is 15.0. The number of piperidine rings is 1. The fourth-order valence-electron chi connectivity index (χ4n) is 3.96. The number of aromatic amines is 1. The lowest BCUT2D eigenvalue weighted by Crippen LogP contribution is -2.37. The van der Waals surface area contributed by atoms with Gasteiger partial charge in [0.25, 0.3) is 0 Å². The smallest absolute Gasteiger partial charge is 0.156 e. The zero-order valence-electron chi connectivity index (χ0n) is 17.6. The van der Waals surface area contributed by atoms with E-state index in [1.807, 2.05) is 24.4 Å². The van der Waals surface area contributed by atoms with Crippen molar-refractivity contribution < 1.29 is 0 Å². The van der Waals surface area contributed by atoms with E-state index in [0.29, 0.717) is 35.1 Å². The highest BCUT2D eigenvalue weighted by molar-refractivity contribution is 6.31. The van der Waals surface area contributed by atoms with Gasteiger partial charge in [0.2, 0.25) is 0 Å². The second-order valence-corrected chi connectivity index (χ2v) is 8.97. The van der Waals surface area contributed by atoms with Gasteiger partial charge in [-0.2, -0.15) is 0 Å². The SMILES string of the molecule is CN1CCC(Nc2nc(C3CC3)cnc2C(N)=NCc2nc3ccc(Cl)cc3[nH]2)CC1. The van der Waals surface area contributed by atoms with Crippen LogP contribution in [0.2, 0.25) is 5.02 Å². The number of hydrogen-bond acceptors (Lipinski definition) is 6. The van der Waals surface area contributed by atoms with E-state index in [1.165, 1.54) is 12.8 Å². The number of fused-ring (bicyclic) bond motifs is 1. The van der Waals surface area contributed by atoms with Gasteiger partial charge >= 0.3 is 0 Å². The molecule has 162 valence electrons. The van der Waals surface area contributed by atoms with Crippen LogP contribution < -0.4 is 11.1 Å². The molecule has 1 aliphatic carbocycles. The molecule has 3 heterocycles. The van der Waals surface area contributed by atoms with Crippen molar-refractivity contribution in [2.24, 2.45) is 10.7 Å². The lowest BCUT2D eigenvalue weighted by atomic mass is 10.1. The van der Waals surface area contributed by atoms with Gasteiger partial charge in [-0.25, -0.2) is 15.0 Å². The molecule has 3 aromatic rings. The van der Waals surface area contributed by atoms with Gasteiger partial charge in [0.1, 0.15) is 17.4 Å². The second-order valence-electron chi connectivity index (χ2n) is 8.53. The Morgan fingerprint density at radius 2 is 2.06 bits per heavy atom. The number of nitrogens with one attached hydrogen (secondary N) is 2. The van der Waals surface area contributed by atoms with E-state index >= 15 is 0 Å². The fraction of sp³-hybridized carbons (Fsp3) is 0.455. The first kappa shape index (κ1) is 20.2. The molecule has 0 bridgehead atoms. The van der Waals surface area contributed by atoms with Crippen LogP contribution in [0.5, 0.6) is 0 Å². The number of benzene rings is 1. The van der Waals surface area contributed by atoms with Gasteiger partial charge < -0.3 is 20.9 Å². The third-order valence-corrected chi connectivity index (χ3v) is 6.22. The van der Waals surface area contributed by atoms with Gasteiger partial charge in [-0.05, 0) is 64.0 Å². The maximum absolute atomic E-state index is 6.37. The number of rotatable bonds is 6. The van der Waals surface area contributed by atoms with Crippen molar-refractivity contribution in [2.45, 2.75) is 44.2 Å². The highest BCUT2D eigenvalue weighted by Crippen LogP contribution is 2.39. The molecule has 31 heavy (non-hydrogen) atoms. The molecule has 2 aliphatic rings. The molecule has 5 rings (SSSR count). The molecule has 0 radical (unpaired) electrons. The third-order valence-electron chi connectivity index (χ3n) is 5.98. The number of amidine groups is 1. The number of aromatic nitrogens is 4. The van der Waals surface area contributed by atoms with Crippen molar-refractivity contribution >= 4 is 34.3 Å². The summed E-state index contributed by atoms with van der Waals surface area (Å²) in [5.41, 5.74) is 9.76. The van der Waals surface area contributed by atoms with Crippen molar-refractivity contribution in [1.82, 2.24) is 24.8 Å². The van der Waals surface area contributed by atoms with E-state index in [-0.39, 0.29) is 0 Å². The van der Waals surface area contributed by atoms with Crippen molar-refractivity contribution in [1.29, 1.82) is 0 Å². The minimum absolute atomic E-state index is 0.331. The molecule has 0 spiro atoms. The van der Waals surface area contributed by atoms with Crippen molar-refractivity contribution in [3.63, 3.8) is 0 Å². The molecule has 1 saturated heterocycles. The summed E-state index contributed by atoms with van der Waals surface area (Å²) >= 11 is 6.06. The normalized spacial score (nSPS) is 18.6. The standard InChI is InChI=1S/C22H27ClN8/c1-31-8-6-15(7-9-31)27-22-20(25-11-18(30-22)13-2-3-13)21(24)26-12-19-28-16-5-4-14(23)10-17(16)29-19/h4-5,10-11,13,15H,2-3,6-9,12H2,1H3,(H2,24,26)(H,27,30)(H,28,29). The van der Waals surface area contributed by atoms with Gasteiger partial charge in [-0.15, -0.1) is 0 Å². The molecule has 2 aromatic heterocycles. The molecule has 2 fully saturated rings. The predicted octanol–water partition coefficient (Wildman–Crippen LogP) is 3.30. The van der Waals surface area contributed by atoms with Gasteiger partial charge in [0.15, 0.2) is 5.82 Å². The maximum Gasteiger partial charge on any atom is 0.156 e. The van der Waals surface area contributed by atoms with Crippen LogP contribution in [0.1, 0.15) is 48.8 Å². The Labute approximate surface area is 186 Å². The van der Waals surface area contributed by atoms with Crippen LogP contribution in [0, 0.1) is 0 Å². The largest absolute Gasteiger partial charge is 0.382 e. The molecule has 4 N–H and O–H groups in total. The Bertz CT molecular complexity index is 1110. The van der Waals surface area contributed by atoms with E-state index in [9.17, 15) is 0 Å². The van der Waals surface area contributed by atoms with E-state index in [2.05, 4.69) is 37.2 Å². The summed E-state index contributed by atoms with van der Waals surface area (Å²) in [5.74, 6) is 2.37.